The van der Waals surface area contributed by atoms with Crippen molar-refractivity contribution in [1.82, 2.24) is 9.97 Å². The van der Waals surface area contributed by atoms with E-state index in [0.29, 0.717) is 36.4 Å². The molecule has 4 N–H and O–H groups in total. The zero-order valence-corrected chi connectivity index (χ0v) is 14.7. The van der Waals surface area contributed by atoms with Crippen molar-refractivity contribution in [3.05, 3.63) is 11.8 Å². The first kappa shape index (κ1) is 16.0. The maximum absolute atomic E-state index is 11.7. The summed E-state index contributed by atoms with van der Waals surface area (Å²) in [5.74, 6) is 1.19. The minimum Gasteiger partial charge on any atom is -0.366 e. The molecule has 0 radical (unpaired) electrons. The van der Waals surface area contributed by atoms with Crippen LogP contribution in [0.2, 0.25) is 0 Å². The Kier molecular flexibility index (Phi) is 4.68. The maximum atomic E-state index is 11.7. The third kappa shape index (κ3) is 4.81. The van der Waals surface area contributed by atoms with Gasteiger partial charge in [-0.1, -0.05) is 13.8 Å². The number of aromatic nitrogens is 2. The van der Waals surface area contributed by atoms with Crippen LogP contribution in [0, 0.1) is 11.8 Å². The molecule has 1 fully saturated rings. The van der Waals surface area contributed by atoms with E-state index in [1.54, 1.807) is 0 Å². The van der Waals surface area contributed by atoms with Crippen molar-refractivity contribution in [2.24, 2.45) is 17.6 Å². The molecule has 0 bridgehead atoms. The summed E-state index contributed by atoms with van der Waals surface area (Å²) in [7, 11) is 0. The number of nitrogens with one attached hydrogen (secondary N) is 2. The van der Waals surface area contributed by atoms with Crippen LogP contribution in [0.15, 0.2) is 6.20 Å². The Bertz CT molecular complexity index is 615. The molecular weight excluding hydrogens is 290 g/mol. The van der Waals surface area contributed by atoms with Crippen molar-refractivity contribution < 1.29 is 6.17 Å². The average Bonchev–Trinajstić information content (AvgIpc) is 2.41. The molecule has 1 aromatic rings. The summed E-state index contributed by atoms with van der Waals surface area (Å²) in [6, 6.07) is -0.844. The molecular formula is C17H29N5O. The standard InChI is InChI=1S/C17H29N5O/c1-10-6-7-12(8-11(10)2)20-15-13(14(18)23)9-19-16(21-15)22-17(3,4)5/h9-12H,6-8H2,1-5H3,(H2,18,23)(H2,19,20,21,22)/t10-,11-,12-/m1/s1/i12D. The van der Waals surface area contributed by atoms with Gasteiger partial charge in [-0.2, -0.15) is 4.98 Å². The normalized spacial score (nSPS) is 28.8. The molecule has 1 heterocycles. The number of anilines is 2. The van der Waals surface area contributed by atoms with Gasteiger partial charge < -0.3 is 16.4 Å². The molecule has 1 saturated carbocycles. The van der Waals surface area contributed by atoms with Crippen LogP contribution >= 0.6 is 0 Å². The Morgan fingerprint density at radius 2 is 2.04 bits per heavy atom. The summed E-state index contributed by atoms with van der Waals surface area (Å²) in [6.45, 7) is 10.4. The molecule has 1 aliphatic rings. The second kappa shape index (κ2) is 6.72. The highest BCUT2D eigenvalue weighted by Gasteiger charge is 2.26. The number of primary amides is 1. The Labute approximate surface area is 140 Å². The van der Waals surface area contributed by atoms with Gasteiger partial charge in [0.2, 0.25) is 5.95 Å². The first-order chi connectivity index (χ1) is 11.0. The number of hydrogen-bond acceptors (Lipinski definition) is 5. The van der Waals surface area contributed by atoms with Gasteiger partial charge in [0, 0.05) is 17.8 Å². The van der Waals surface area contributed by atoms with Gasteiger partial charge in [-0.15, -0.1) is 0 Å². The topological polar surface area (TPSA) is 92.9 Å². The highest BCUT2D eigenvalue weighted by Crippen LogP contribution is 2.31. The zero-order valence-electron chi connectivity index (χ0n) is 15.7. The summed E-state index contributed by atoms with van der Waals surface area (Å²) in [5, 5.41) is 6.34. The van der Waals surface area contributed by atoms with E-state index >= 15 is 0 Å². The van der Waals surface area contributed by atoms with Crippen LogP contribution in [-0.4, -0.2) is 27.4 Å². The molecule has 0 spiro atoms. The largest absolute Gasteiger partial charge is 0.366 e. The van der Waals surface area contributed by atoms with Crippen molar-refractivity contribution in [3.63, 3.8) is 0 Å². The molecule has 0 saturated heterocycles. The maximum Gasteiger partial charge on any atom is 0.254 e. The van der Waals surface area contributed by atoms with E-state index in [9.17, 15) is 4.79 Å². The van der Waals surface area contributed by atoms with Gasteiger partial charge in [0.05, 0.1) is 6.93 Å². The predicted octanol–water partition coefficient (Wildman–Crippen LogP) is 3.02. The van der Waals surface area contributed by atoms with Gasteiger partial charge in [-0.05, 0) is 51.9 Å². The fourth-order valence-electron chi connectivity index (χ4n) is 2.71. The molecule has 1 aliphatic carbocycles. The summed E-state index contributed by atoms with van der Waals surface area (Å²) in [4.78, 5) is 20.3. The number of hydrogen-bond donors (Lipinski definition) is 3. The van der Waals surface area contributed by atoms with Crippen LogP contribution in [-0.2, 0) is 0 Å². The van der Waals surface area contributed by atoms with Gasteiger partial charge in [0.25, 0.3) is 5.91 Å². The van der Waals surface area contributed by atoms with Gasteiger partial charge in [0.1, 0.15) is 5.82 Å². The molecule has 3 atom stereocenters. The van der Waals surface area contributed by atoms with Gasteiger partial charge in [-0.25, -0.2) is 4.98 Å². The van der Waals surface area contributed by atoms with Gasteiger partial charge in [-0.3, -0.25) is 4.79 Å². The second-order valence-electron chi connectivity index (χ2n) is 7.62. The number of amides is 1. The highest BCUT2D eigenvalue weighted by atomic mass is 16.1. The van der Waals surface area contributed by atoms with E-state index in [2.05, 4.69) is 34.4 Å². The molecule has 1 aromatic heterocycles. The fraction of sp³-hybridized carbons (Fsp3) is 0.706. The third-order valence-corrected chi connectivity index (χ3v) is 4.28. The molecule has 2 rings (SSSR count). The van der Waals surface area contributed by atoms with E-state index in [0.717, 1.165) is 6.42 Å². The Morgan fingerprint density at radius 3 is 2.61 bits per heavy atom. The lowest BCUT2D eigenvalue weighted by Gasteiger charge is -2.33. The van der Waals surface area contributed by atoms with E-state index in [1.165, 1.54) is 6.20 Å². The van der Waals surface area contributed by atoms with Crippen molar-refractivity contribution in [2.75, 3.05) is 10.6 Å². The van der Waals surface area contributed by atoms with Crippen LogP contribution in [0.1, 0.15) is 65.6 Å². The number of carbonyl (C=O) groups is 1. The first-order valence-corrected chi connectivity index (χ1v) is 8.22. The predicted molar refractivity (Wildman–Crippen MR) is 93.5 cm³/mol. The van der Waals surface area contributed by atoms with Gasteiger partial charge >= 0.3 is 0 Å². The Balaban J connectivity index is 2.29. The lowest BCUT2D eigenvalue weighted by atomic mass is 9.79. The van der Waals surface area contributed by atoms with E-state index in [1.807, 2.05) is 20.8 Å². The number of nitrogens with zero attached hydrogens (tertiary/aromatic N) is 2. The van der Waals surface area contributed by atoms with Crippen LogP contribution in [0.3, 0.4) is 0 Å². The monoisotopic (exact) mass is 320 g/mol. The molecule has 0 aromatic carbocycles. The minimum atomic E-state index is -0.844. The highest BCUT2D eigenvalue weighted by molar-refractivity contribution is 5.97. The van der Waals surface area contributed by atoms with Crippen molar-refractivity contribution in [1.29, 1.82) is 0 Å². The SMILES string of the molecule is [2H][C@@]1(Nc2nc(NC(C)(C)C)ncc2C(N)=O)CC[C@@H](C)[C@H](C)C1. The van der Waals surface area contributed by atoms with Crippen molar-refractivity contribution in [3.8, 4) is 0 Å². The number of carbonyl (C=O) groups excluding carboxylic acids is 1. The van der Waals surface area contributed by atoms with Crippen molar-refractivity contribution in [2.45, 2.75) is 65.4 Å². The quantitative estimate of drug-likeness (QED) is 0.793. The van der Waals surface area contributed by atoms with E-state index < -0.39 is 11.9 Å². The van der Waals surface area contributed by atoms with Crippen LogP contribution in [0.4, 0.5) is 11.8 Å². The second-order valence-corrected chi connectivity index (χ2v) is 7.62. The van der Waals surface area contributed by atoms with Crippen LogP contribution < -0.4 is 16.4 Å². The van der Waals surface area contributed by atoms with Crippen LogP contribution in [0.5, 0.6) is 0 Å². The minimum absolute atomic E-state index is 0.209. The molecule has 6 nitrogen and oxygen atoms in total. The first-order valence-electron chi connectivity index (χ1n) is 8.72. The smallest absolute Gasteiger partial charge is 0.254 e. The third-order valence-electron chi connectivity index (χ3n) is 4.28. The number of rotatable bonds is 4. The summed E-state index contributed by atoms with van der Waals surface area (Å²) >= 11 is 0. The fourth-order valence-corrected chi connectivity index (χ4v) is 2.71. The van der Waals surface area contributed by atoms with E-state index in [-0.39, 0.29) is 11.1 Å². The Hall–Kier alpha value is -1.85. The van der Waals surface area contributed by atoms with Crippen LogP contribution in [0.25, 0.3) is 0 Å². The lowest BCUT2D eigenvalue weighted by Crippen LogP contribution is -2.32. The number of nitrogens with two attached hydrogens (primary N) is 1. The summed E-state index contributed by atoms with van der Waals surface area (Å²) in [5.41, 5.74) is 5.45. The lowest BCUT2D eigenvalue weighted by molar-refractivity contribution is 0.100. The zero-order chi connectivity index (χ0) is 18.1. The molecule has 6 heteroatoms. The average molecular weight is 320 g/mol. The molecule has 0 unspecified atom stereocenters. The summed E-state index contributed by atoms with van der Waals surface area (Å²) < 4.78 is 8.72. The molecule has 0 aliphatic heterocycles. The summed E-state index contributed by atoms with van der Waals surface area (Å²) in [6.07, 6.45) is 3.81. The van der Waals surface area contributed by atoms with E-state index in [4.69, 9.17) is 7.10 Å². The van der Waals surface area contributed by atoms with Gasteiger partial charge in [0.15, 0.2) is 0 Å². The molecule has 23 heavy (non-hydrogen) atoms. The van der Waals surface area contributed by atoms with Crippen molar-refractivity contribution >= 4 is 17.7 Å². The molecule has 128 valence electrons. The Morgan fingerprint density at radius 1 is 1.35 bits per heavy atom. The molecule has 1 amide bonds.